The highest BCUT2D eigenvalue weighted by atomic mass is 16.5. The summed E-state index contributed by atoms with van der Waals surface area (Å²) in [6.07, 6.45) is 2.58. The van der Waals surface area contributed by atoms with Gasteiger partial charge >= 0.3 is 0 Å². The van der Waals surface area contributed by atoms with Gasteiger partial charge in [0.1, 0.15) is 0 Å². The van der Waals surface area contributed by atoms with Crippen LogP contribution in [0.2, 0.25) is 0 Å². The summed E-state index contributed by atoms with van der Waals surface area (Å²) in [5.41, 5.74) is 2.45. The number of hydroxylamine groups is 1. The number of fused-ring (bicyclic) bond motifs is 3. The number of hydrogen-bond donors (Lipinski definition) is 2. The first-order chi connectivity index (χ1) is 12.7. The van der Waals surface area contributed by atoms with E-state index < -0.39 is 11.8 Å². The molecule has 0 aliphatic carbocycles. The average Bonchev–Trinajstić information content (AvgIpc) is 3.40. The lowest BCUT2D eigenvalue weighted by atomic mass is 10.1. The van der Waals surface area contributed by atoms with Gasteiger partial charge in [0.05, 0.1) is 29.9 Å². The van der Waals surface area contributed by atoms with E-state index in [-0.39, 0.29) is 0 Å². The van der Waals surface area contributed by atoms with Gasteiger partial charge < -0.3 is 14.3 Å². The summed E-state index contributed by atoms with van der Waals surface area (Å²) in [6, 6.07) is 8.55. The minimum atomic E-state index is -0.512. The molecule has 1 amide bonds. The number of rotatable bonds is 2. The molecular weight excluding hydrogens is 336 g/mol. The Morgan fingerprint density at radius 2 is 2.04 bits per heavy atom. The van der Waals surface area contributed by atoms with Crippen LogP contribution < -0.4 is 10.4 Å². The van der Waals surface area contributed by atoms with Crippen molar-refractivity contribution >= 4 is 34.9 Å². The number of amides is 1. The second-order valence-electron chi connectivity index (χ2n) is 6.85. The topological polar surface area (TPSA) is 107 Å². The van der Waals surface area contributed by atoms with Crippen LogP contribution in [-0.4, -0.2) is 65.1 Å². The number of benzene rings is 1. The van der Waals surface area contributed by atoms with Crippen LogP contribution in [0.4, 0.5) is 5.82 Å². The van der Waals surface area contributed by atoms with E-state index >= 15 is 0 Å². The van der Waals surface area contributed by atoms with Gasteiger partial charge in [-0.2, -0.15) is 0 Å². The molecular formula is C17H18N6O3. The lowest BCUT2D eigenvalue weighted by Crippen LogP contribution is -2.49. The molecule has 1 aromatic heterocycles. The van der Waals surface area contributed by atoms with Gasteiger partial charge in [0.15, 0.2) is 11.4 Å². The van der Waals surface area contributed by atoms with Crippen LogP contribution in [0.5, 0.6) is 0 Å². The number of anilines is 1. The molecule has 3 atom stereocenters. The van der Waals surface area contributed by atoms with Gasteiger partial charge in [0.25, 0.3) is 5.91 Å². The van der Waals surface area contributed by atoms with E-state index in [1.807, 2.05) is 24.3 Å². The summed E-state index contributed by atoms with van der Waals surface area (Å²) in [6.45, 7) is 1.96. The highest BCUT2D eigenvalue weighted by Crippen LogP contribution is 2.37. The van der Waals surface area contributed by atoms with E-state index in [1.54, 1.807) is 11.7 Å². The normalized spacial score (nSPS) is 27.3. The maximum absolute atomic E-state index is 11.4. The fourth-order valence-corrected chi connectivity index (χ4v) is 4.07. The molecule has 0 spiro atoms. The van der Waals surface area contributed by atoms with Crippen molar-refractivity contribution in [3.8, 4) is 0 Å². The van der Waals surface area contributed by atoms with Gasteiger partial charge in [-0.15, -0.1) is 0 Å². The Labute approximate surface area is 148 Å². The van der Waals surface area contributed by atoms with Crippen molar-refractivity contribution in [3.05, 3.63) is 24.3 Å². The van der Waals surface area contributed by atoms with Crippen LogP contribution in [0.15, 0.2) is 38.8 Å². The van der Waals surface area contributed by atoms with Crippen LogP contribution in [0.25, 0.3) is 11.0 Å². The minimum Gasteiger partial charge on any atom is -0.354 e. The molecule has 0 saturated carbocycles. The minimum absolute atomic E-state index is 0.302. The first-order valence-corrected chi connectivity index (χ1v) is 8.65. The Morgan fingerprint density at radius 1 is 1.23 bits per heavy atom. The molecule has 2 aromatic rings. The third-order valence-corrected chi connectivity index (χ3v) is 5.37. The number of hydrogen-bond acceptors (Lipinski definition) is 8. The van der Waals surface area contributed by atoms with Crippen molar-refractivity contribution in [2.75, 3.05) is 24.5 Å². The first kappa shape index (κ1) is 15.3. The Morgan fingerprint density at radius 3 is 2.77 bits per heavy atom. The highest BCUT2D eigenvalue weighted by Gasteiger charge is 2.46. The monoisotopic (exact) mass is 354 g/mol. The summed E-state index contributed by atoms with van der Waals surface area (Å²) in [7, 11) is 0. The highest BCUT2D eigenvalue weighted by molar-refractivity contribution is 6.00. The van der Waals surface area contributed by atoms with Gasteiger partial charge in [0.2, 0.25) is 5.96 Å². The van der Waals surface area contributed by atoms with Crippen LogP contribution in [0.3, 0.4) is 0 Å². The molecule has 2 saturated heterocycles. The molecule has 2 N–H and O–H groups in total. The van der Waals surface area contributed by atoms with Crippen molar-refractivity contribution < 1.29 is 14.5 Å². The zero-order valence-corrected chi connectivity index (χ0v) is 13.9. The van der Waals surface area contributed by atoms with E-state index in [1.165, 1.54) is 0 Å². The number of aromatic nitrogens is 1. The standard InChI is InChI=1S/C17H18N6O3/c24-16(20-25)10-6-18-17(19-7-10)23-9-11-5-12(23)8-22(11)15-13-3-1-2-4-14(13)26-21-15/h1-4,6,10-12,25H,5,7-9H2,(H,20,24). The third-order valence-electron chi connectivity index (χ3n) is 5.37. The van der Waals surface area contributed by atoms with Gasteiger partial charge in [-0.25, -0.2) is 15.5 Å². The van der Waals surface area contributed by atoms with Gasteiger partial charge in [-0.05, 0) is 18.6 Å². The number of carbonyl (C=O) groups is 1. The molecule has 3 aliphatic heterocycles. The summed E-state index contributed by atoms with van der Waals surface area (Å²) in [5.74, 6) is 0.579. The second kappa shape index (κ2) is 5.80. The molecule has 26 heavy (non-hydrogen) atoms. The SMILES string of the molecule is O=C(NO)C1C=NC(N2CC3CC2CN3c2noc3ccccc23)=NC1. The van der Waals surface area contributed by atoms with Gasteiger partial charge in [-0.1, -0.05) is 17.3 Å². The summed E-state index contributed by atoms with van der Waals surface area (Å²) in [5, 5.41) is 14.0. The van der Waals surface area contributed by atoms with Crippen molar-refractivity contribution in [2.45, 2.75) is 18.5 Å². The quantitative estimate of drug-likeness (QED) is 0.606. The van der Waals surface area contributed by atoms with Crippen LogP contribution >= 0.6 is 0 Å². The molecule has 3 aliphatic rings. The number of likely N-dealkylation sites (tertiary alicyclic amines) is 1. The lowest BCUT2D eigenvalue weighted by Gasteiger charge is -2.35. The summed E-state index contributed by atoms with van der Waals surface area (Å²) < 4.78 is 5.45. The Bertz CT molecular complexity index is 922. The van der Waals surface area contributed by atoms with Crippen LogP contribution in [0.1, 0.15) is 6.42 Å². The summed E-state index contributed by atoms with van der Waals surface area (Å²) in [4.78, 5) is 24.7. The zero-order valence-electron chi connectivity index (χ0n) is 13.9. The molecule has 2 fully saturated rings. The molecule has 134 valence electrons. The number of piperazine rings is 1. The molecule has 9 heteroatoms. The maximum Gasteiger partial charge on any atom is 0.253 e. The van der Waals surface area contributed by atoms with Crippen LogP contribution in [-0.2, 0) is 4.79 Å². The molecule has 9 nitrogen and oxygen atoms in total. The van der Waals surface area contributed by atoms with E-state index in [9.17, 15) is 4.79 Å². The van der Waals surface area contributed by atoms with E-state index in [0.717, 1.165) is 36.3 Å². The van der Waals surface area contributed by atoms with Crippen molar-refractivity contribution in [1.29, 1.82) is 0 Å². The van der Waals surface area contributed by atoms with Crippen molar-refractivity contribution in [1.82, 2.24) is 15.5 Å². The smallest absolute Gasteiger partial charge is 0.253 e. The molecule has 3 unspecified atom stereocenters. The Hall–Kier alpha value is -2.94. The molecule has 2 bridgehead atoms. The molecule has 1 aromatic carbocycles. The molecule has 0 radical (unpaired) electrons. The fraction of sp³-hybridized carbons (Fsp3) is 0.412. The second-order valence-corrected chi connectivity index (χ2v) is 6.85. The molecule has 5 rings (SSSR count). The van der Waals surface area contributed by atoms with Crippen LogP contribution in [0, 0.1) is 5.92 Å². The largest absolute Gasteiger partial charge is 0.354 e. The number of carbonyl (C=O) groups excluding carboxylic acids is 1. The van der Waals surface area contributed by atoms with E-state index in [2.05, 4.69) is 24.9 Å². The predicted octanol–water partition coefficient (Wildman–Crippen LogP) is 0.653. The van der Waals surface area contributed by atoms with Crippen molar-refractivity contribution in [3.63, 3.8) is 0 Å². The lowest BCUT2D eigenvalue weighted by molar-refractivity contribution is -0.130. The third kappa shape index (κ3) is 2.27. The first-order valence-electron chi connectivity index (χ1n) is 8.65. The van der Waals surface area contributed by atoms with E-state index in [4.69, 9.17) is 9.73 Å². The van der Waals surface area contributed by atoms with Gasteiger partial charge in [0, 0.05) is 19.3 Å². The summed E-state index contributed by atoms with van der Waals surface area (Å²) >= 11 is 0. The van der Waals surface area contributed by atoms with E-state index in [0.29, 0.717) is 24.6 Å². The number of nitrogens with one attached hydrogen (secondary N) is 1. The number of aliphatic imine (C=N–C) groups is 2. The average molecular weight is 354 g/mol. The Kier molecular flexibility index (Phi) is 3.42. The maximum atomic E-state index is 11.4. The number of para-hydroxylation sites is 1. The zero-order chi connectivity index (χ0) is 17.7. The van der Waals surface area contributed by atoms with Gasteiger partial charge in [-0.3, -0.25) is 10.0 Å². The molecule has 4 heterocycles. The Balaban J connectivity index is 1.31. The number of guanidine groups is 1. The number of nitrogens with zero attached hydrogens (tertiary/aromatic N) is 5. The predicted molar refractivity (Wildman–Crippen MR) is 94.5 cm³/mol. The van der Waals surface area contributed by atoms with Crippen molar-refractivity contribution in [2.24, 2.45) is 15.9 Å². The fourth-order valence-electron chi connectivity index (χ4n) is 4.07.